The number of amides is 1. The normalized spacial score (nSPS) is 27.7. The van der Waals surface area contributed by atoms with Crippen LogP contribution in [0.15, 0.2) is 0 Å². The lowest BCUT2D eigenvalue weighted by Crippen LogP contribution is -2.53. The Morgan fingerprint density at radius 1 is 1.71 bits per heavy atom. The maximum Gasteiger partial charge on any atom is 0.407 e. The second kappa shape index (κ2) is 5.11. The molecule has 2 atom stereocenters. The predicted molar refractivity (Wildman–Crippen MR) is 47.9 cm³/mol. The van der Waals surface area contributed by atoms with Crippen LogP contribution in [0, 0.1) is 0 Å². The molecule has 1 aliphatic heterocycles. The molecule has 14 heavy (non-hydrogen) atoms. The minimum absolute atomic E-state index is 0.0220. The van der Waals surface area contributed by atoms with Crippen LogP contribution in [0.4, 0.5) is 9.18 Å². The van der Waals surface area contributed by atoms with E-state index in [2.05, 4.69) is 0 Å². The van der Waals surface area contributed by atoms with Crippen molar-refractivity contribution in [1.29, 1.82) is 0 Å². The Hall–Kier alpha value is -0.880. The van der Waals surface area contributed by atoms with Crippen molar-refractivity contribution >= 4 is 6.09 Å². The monoisotopic (exact) mass is 206 g/mol. The van der Waals surface area contributed by atoms with Crippen molar-refractivity contribution in [2.45, 2.75) is 18.6 Å². The Balaban J connectivity index is 2.42. The minimum Gasteiger partial charge on any atom is -0.465 e. The summed E-state index contributed by atoms with van der Waals surface area (Å²) in [4.78, 5) is 11.9. The molecule has 1 rings (SSSR count). The molecule has 1 fully saturated rings. The summed E-state index contributed by atoms with van der Waals surface area (Å²) in [5.41, 5.74) is 5.72. The summed E-state index contributed by atoms with van der Waals surface area (Å²) in [7, 11) is 0. The van der Waals surface area contributed by atoms with Crippen molar-refractivity contribution in [2.75, 3.05) is 26.4 Å². The van der Waals surface area contributed by atoms with E-state index in [4.69, 9.17) is 15.6 Å². The lowest BCUT2D eigenvalue weighted by molar-refractivity contribution is -0.0133. The summed E-state index contributed by atoms with van der Waals surface area (Å²) in [6.45, 7) is 0.0601. The highest BCUT2D eigenvalue weighted by atomic mass is 19.1. The van der Waals surface area contributed by atoms with Crippen LogP contribution < -0.4 is 5.73 Å². The van der Waals surface area contributed by atoms with Gasteiger partial charge in [0.25, 0.3) is 0 Å². The first kappa shape index (κ1) is 11.2. The summed E-state index contributed by atoms with van der Waals surface area (Å²) < 4.78 is 17.0. The zero-order chi connectivity index (χ0) is 10.6. The van der Waals surface area contributed by atoms with Crippen molar-refractivity contribution in [3.05, 3.63) is 0 Å². The molecule has 3 N–H and O–H groups in total. The van der Waals surface area contributed by atoms with Crippen LogP contribution in [0.2, 0.25) is 0 Å². The number of hydrogen-bond donors (Lipinski definition) is 2. The van der Waals surface area contributed by atoms with Crippen LogP contribution in [0.3, 0.4) is 0 Å². The highest BCUT2D eigenvalue weighted by molar-refractivity contribution is 5.65. The van der Waals surface area contributed by atoms with Gasteiger partial charge in [-0.15, -0.1) is 0 Å². The van der Waals surface area contributed by atoms with Gasteiger partial charge in [0.1, 0.15) is 6.67 Å². The molecule has 0 aliphatic carbocycles. The molecular formula is C8H15FN2O3. The third kappa shape index (κ3) is 2.81. The van der Waals surface area contributed by atoms with Gasteiger partial charge in [0.2, 0.25) is 0 Å². The van der Waals surface area contributed by atoms with Gasteiger partial charge in [0, 0.05) is 12.6 Å². The third-order valence-electron chi connectivity index (χ3n) is 2.29. The molecule has 1 saturated heterocycles. The Bertz CT molecular complexity index is 203. The second-order valence-electron chi connectivity index (χ2n) is 3.28. The van der Waals surface area contributed by atoms with Gasteiger partial charge in [0.05, 0.1) is 19.3 Å². The molecule has 82 valence electrons. The summed E-state index contributed by atoms with van der Waals surface area (Å²) in [6, 6.07) is -0.197. The quantitative estimate of drug-likeness (QED) is 0.684. The van der Waals surface area contributed by atoms with Gasteiger partial charge in [0.15, 0.2) is 0 Å². The number of nitrogens with two attached hydrogens (primary N) is 1. The number of nitrogens with zero attached hydrogens (tertiary/aromatic N) is 1. The Labute approximate surface area is 81.6 Å². The van der Waals surface area contributed by atoms with E-state index >= 15 is 0 Å². The van der Waals surface area contributed by atoms with Gasteiger partial charge in [-0.3, -0.25) is 0 Å². The van der Waals surface area contributed by atoms with E-state index in [9.17, 15) is 9.18 Å². The standard InChI is InChI=1S/C8H15FN2O3/c9-2-4-14-7-5-11(8(12)13)3-1-6(7)10/h6-7H,1-5,10H2,(H,12,13)/t6-,7+/m1/s1. The molecule has 0 aromatic rings. The Kier molecular flexibility index (Phi) is 4.09. The minimum atomic E-state index is -0.981. The molecule has 6 heteroatoms. The molecule has 1 aliphatic rings. The number of carboxylic acid groups (broad SMARTS) is 1. The van der Waals surface area contributed by atoms with E-state index in [1.54, 1.807) is 0 Å². The SMILES string of the molecule is N[C@@H]1CCN(C(=O)O)C[C@@H]1OCCF. The van der Waals surface area contributed by atoms with Gasteiger partial charge in [-0.2, -0.15) is 0 Å². The average Bonchev–Trinajstić information content (AvgIpc) is 2.16. The summed E-state index contributed by atoms with van der Waals surface area (Å²) in [5.74, 6) is 0. The zero-order valence-electron chi connectivity index (χ0n) is 7.86. The van der Waals surface area contributed by atoms with E-state index in [0.717, 1.165) is 0 Å². The fraction of sp³-hybridized carbons (Fsp3) is 0.875. The number of rotatable bonds is 3. The Morgan fingerprint density at radius 3 is 3.00 bits per heavy atom. The molecule has 0 saturated carbocycles. The average molecular weight is 206 g/mol. The van der Waals surface area contributed by atoms with Crippen LogP contribution in [0.5, 0.6) is 0 Å². The maximum atomic E-state index is 11.8. The van der Waals surface area contributed by atoms with Crippen molar-refractivity contribution in [3.63, 3.8) is 0 Å². The molecule has 0 aromatic heterocycles. The summed E-state index contributed by atoms with van der Waals surface area (Å²) >= 11 is 0. The molecule has 0 unspecified atom stereocenters. The number of piperidine rings is 1. The van der Waals surface area contributed by atoms with E-state index in [0.29, 0.717) is 13.0 Å². The first-order valence-electron chi connectivity index (χ1n) is 4.56. The molecule has 1 amide bonds. The van der Waals surface area contributed by atoms with Crippen molar-refractivity contribution in [3.8, 4) is 0 Å². The number of carbonyl (C=O) groups is 1. The number of hydrogen-bond acceptors (Lipinski definition) is 3. The third-order valence-corrected chi connectivity index (χ3v) is 2.29. The fourth-order valence-electron chi connectivity index (χ4n) is 1.48. The van der Waals surface area contributed by atoms with E-state index in [1.165, 1.54) is 4.90 Å². The van der Waals surface area contributed by atoms with E-state index < -0.39 is 12.8 Å². The highest BCUT2D eigenvalue weighted by Gasteiger charge is 2.29. The van der Waals surface area contributed by atoms with Gasteiger partial charge < -0.3 is 20.5 Å². The van der Waals surface area contributed by atoms with Crippen LogP contribution in [0.25, 0.3) is 0 Å². The largest absolute Gasteiger partial charge is 0.465 e. The van der Waals surface area contributed by atoms with Crippen molar-refractivity contribution < 1.29 is 19.0 Å². The first-order chi connectivity index (χ1) is 6.65. The van der Waals surface area contributed by atoms with Crippen LogP contribution in [-0.4, -0.2) is 54.6 Å². The smallest absolute Gasteiger partial charge is 0.407 e. The summed E-state index contributed by atoms with van der Waals surface area (Å²) in [5, 5.41) is 8.72. The highest BCUT2D eigenvalue weighted by Crippen LogP contribution is 2.12. The summed E-state index contributed by atoms with van der Waals surface area (Å²) in [6.07, 6.45) is -0.801. The molecule has 0 bridgehead atoms. The molecule has 0 radical (unpaired) electrons. The fourth-order valence-corrected chi connectivity index (χ4v) is 1.48. The lowest BCUT2D eigenvalue weighted by atomic mass is 10.0. The lowest BCUT2D eigenvalue weighted by Gasteiger charge is -2.34. The van der Waals surface area contributed by atoms with Gasteiger partial charge in [-0.1, -0.05) is 0 Å². The molecule has 5 nitrogen and oxygen atoms in total. The maximum absolute atomic E-state index is 11.8. The van der Waals surface area contributed by atoms with E-state index in [-0.39, 0.29) is 25.3 Å². The Morgan fingerprint density at radius 2 is 2.43 bits per heavy atom. The van der Waals surface area contributed by atoms with Gasteiger partial charge in [-0.25, -0.2) is 9.18 Å². The molecular weight excluding hydrogens is 191 g/mol. The number of ether oxygens (including phenoxy) is 1. The van der Waals surface area contributed by atoms with Crippen molar-refractivity contribution in [1.82, 2.24) is 4.90 Å². The molecule has 0 aromatic carbocycles. The number of likely N-dealkylation sites (tertiary alicyclic amines) is 1. The van der Waals surface area contributed by atoms with E-state index in [1.807, 2.05) is 0 Å². The number of alkyl halides is 1. The van der Waals surface area contributed by atoms with Crippen LogP contribution >= 0.6 is 0 Å². The second-order valence-corrected chi connectivity index (χ2v) is 3.28. The molecule has 1 heterocycles. The van der Waals surface area contributed by atoms with Gasteiger partial charge >= 0.3 is 6.09 Å². The number of halogens is 1. The van der Waals surface area contributed by atoms with Crippen LogP contribution in [-0.2, 0) is 4.74 Å². The van der Waals surface area contributed by atoms with Gasteiger partial charge in [-0.05, 0) is 6.42 Å². The molecule has 0 spiro atoms. The van der Waals surface area contributed by atoms with Crippen molar-refractivity contribution in [2.24, 2.45) is 5.73 Å². The zero-order valence-corrected chi connectivity index (χ0v) is 7.86. The first-order valence-corrected chi connectivity index (χ1v) is 4.56. The van der Waals surface area contributed by atoms with Crippen LogP contribution in [0.1, 0.15) is 6.42 Å². The predicted octanol–water partition coefficient (Wildman–Crippen LogP) is 0.0521. The topological polar surface area (TPSA) is 75.8 Å².